The lowest BCUT2D eigenvalue weighted by molar-refractivity contribution is 0.476. The van der Waals surface area contributed by atoms with Gasteiger partial charge in [0.2, 0.25) is 5.95 Å². The topological polar surface area (TPSA) is 37.8 Å². The third-order valence-corrected chi connectivity index (χ3v) is 2.65. The van der Waals surface area contributed by atoms with Gasteiger partial charge < -0.3 is 5.32 Å². The minimum Gasteiger partial charge on any atom is -0.349 e. The van der Waals surface area contributed by atoms with Crippen molar-refractivity contribution in [1.82, 2.24) is 9.97 Å². The zero-order valence-corrected chi connectivity index (χ0v) is 9.68. The van der Waals surface area contributed by atoms with Crippen molar-refractivity contribution in [2.45, 2.75) is 32.2 Å². The maximum absolute atomic E-state index is 12.6. The van der Waals surface area contributed by atoms with E-state index in [0.717, 1.165) is 25.2 Å². The van der Waals surface area contributed by atoms with Crippen LogP contribution in [0.3, 0.4) is 0 Å². The Kier molecular flexibility index (Phi) is 4.27. The Morgan fingerprint density at radius 3 is 2.53 bits per heavy atom. The molecule has 84 valence electrons. The summed E-state index contributed by atoms with van der Waals surface area (Å²) in [5, 5.41) is 3.16. The largest absolute Gasteiger partial charge is 0.349 e. The molecule has 0 spiro atoms. The zero-order valence-electron chi connectivity index (χ0n) is 8.93. The standard InChI is InChI=1S/C10H15ClFN3/c1-3-10(2,4-5-11)15-9-13-6-8(12)7-14-9/h6-7H,3-5H2,1-2H3,(H,13,14,15). The first-order chi connectivity index (χ1) is 7.09. The average molecular weight is 232 g/mol. The number of halogens is 2. The second-order valence-corrected chi connectivity index (χ2v) is 4.08. The van der Waals surface area contributed by atoms with Gasteiger partial charge in [0.25, 0.3) is 0 Å². The number of hydrogen-bond donors (Lipinski definition) is 1. The summed E-state index contributed by atoms with van der Waals surface area (Å²) < 4.78 is 12.6. The molecular formula is C10H15ClFN3. The predicted molar refractivity (Wildman–Crippen MR) is 59.6 cm³/mol. The fraction of sp³-hybridized carbons (Fsp3) is 0.600. The molecule has 0 aliphatic heterocycles. The number of aromatic nitrogens is 2. The van der Waals surface area contributed by atoms with E-state index < -0.39 is 5.82 Å². The van der Waals surface area contributed by atoms with Gasteiger partial charge in [-0.2, -0.15) is 0 Å². The summed E-state index contributed by atoms with van der Waals surface area (Å²) in [5.41, 5.74) is -0.139. The van der Waals surface area contributed by atoms with E-state index in [0.29, 0.717) is 11.8 Å². The van der Waals surface area contributed by atoms with Crippen molar-refractivity contribution < 1.29 is 4.39 Å². The van der Waals surface area contributed by atoms with Crippen LogP contribution in [0.5, 0.6) is 0 Å². The second-order valence-electron chi connectivity index (χ2n) is 3.70. The van der Waals surface area contributed by atoms with Crippen molar-refractivity contribution in [3.8, 4) is 0 Å². The van der Waals surface area contributed by atoms with Gasteiger partial charge in [-0.25, -0.2) is 14.4 Å². The molecule has 1 rings (SSSR count). The molecule has 0 fully saturated rings. The van der Waals surface area contributed by atoms with Crippen LogP contribution in [0.2, 0.25) is 0 Å². The van der Waals surface area contributed by atoms with E-state index in [9.17, 15) is 4.39 Å². The van der Waals surface area contributed by atoms with Gasteiger partial charge in [0.1, 0.15) is 0 Å². The van der Waals surface area contributed by atoms with Crippen molar-refractivity contribution in [1.29, 1.82) is 0 Å². The molecule has 0 amide bonds. The highest BCUT2D eigenvalue weighted by molar-refractivity contribution is 6.17. The van der Waals surface area contributed by atoms with E-state index >= 15 is 0 Å². The van der Waals surface area contributed by atoms with Crippen LogP contribution in [0.15, 0.2) is 12.4 Å². The summed E-state index contributed by atoms with van der Waals surface area (Å²) in [5.74, 6) is 0.570. The molecule has 1 heterocycles. The van der Waals surface area contributed by atoms with Gasteiger partial charge >= 0.3 is 0 Å². The van der Waals surface area contributed by atoms with Gasteiger partial charge in [-0.1, -0.05) is 6.92 Å². The van der Waals surface area contributed by atoms with Crippen LogP contribution < -0.4 is 5.32 Å². The van der Waals surface area contributed by atoms with Gasteiger partial charge in [-0.15, -0.1) is 11.6 Å². The lowest BCUT2D eigenvalue weighted by Gasteiger charge is -2.28. The minimum atomic E-state index is -0.434. The summed E-state index contributed by atoms with van der Waals surface area (Å²) in [6.45, 7) is 4.10. The lowest BCUT2D eigenvalue weighted by atomic mass is 9.96. The number of alkyl halides is 1. The molecule has 0 aliphatic carbocycles. The summed E-state index contributed by atoms with van der Waals surface area (Å²) >= 11 is 5.72. The van der Waals surface area contributed by atoms with Crippen LogP contribution in [0.4, 0.5) is 10.3 Å². The van der Waals surface area contributed by atoms with Crippen LogP contribution in [0.1, 0.15) is 26.7 Å². The highest BCUT2D eigenvalue weighted by Gasteiger charge is 2.21. The zero-order chi connectivity index (χ0) is 11.3. The molecule has 1 aromatic heterocycles. The molecular weight excluding hydrogens is 217 g/mol. The SMILES string of the molecule is CCC(C)(CCCl)Nc1ncc(F)cn1. The molecule has 0 aromatic carbocycles. The molecule has 5 heteroatoms. The quantitative estimate of drug-likeness (QED) is 0.792. The molecule has 0 bridgehead atoms. The number of anilines is 1. The maximum Gasteiger partial charge on any atom is 0.223 e. The number of nitrogens with zero attached hydrogens (tertiary/aromatic N) is 2. The molecule has 1 N–H and O–H groups in total. The molecule has 1 unspecified atom stereocenters. The fourth-order valence-corrected chi connectivity index (χ4v) is 1.60. The van der Waals surface area contributed by atoms with Gasteiger partial charge in [-0.05, 0) is 19.8 Å². The lowest BCUT2D eigenvalue weighted by Crippen LogP contribution is -2.35. The molecule has 15 heavy (non-hydrogen) atoms. The Morgan fingerprint density at radius 2 is 2.07 bits per heavy atom. The van der Waals surface area contributed by atoms with Crippen molar-refractivity contribution in [3.05, 3.63) is 18.2 Å². The second kappa shape index (κ2) is 5.26. The van der Waals surface area contributed by atoms with Crippen LogP contribution in [0, 0.1) is 5.82 Å². The smallest absolute Gasteiger partial charge is 0.223 e. The number of nitrogens with one attached hydrogen (secondary N) is 1. The van der Waals surface area contributed by atoms with Crippen molar-refractivity contribution in [2.24, 2.45) is 0 Å². The first-order valence-electron chi connectivity index (χ1n) is 4.91. The van der Waals surface area contributed by atoms with Gasteiger partial charge in [-0.3, -0.25) is 0 Å². The number of rotatable bonds is 5. The van der Waals surface area contributed by atoms with Gasteiger partial charge in [0, 0.05) is 11.4 Å². The van der Waals surface area contributed by atoms with E-state index in [1.165, 1.54) is 0 Å². The fourth-order valence-electron chi connectivity index (χ4n) is 1.18. The Bertz CT molecular complexity index is 304. The first kappa shape index (κ1) is 12.2. The third-order valence-electron chi connectivity index (χ3n) is 2.46. The minimum absolute atomic E-state index is 0.139. The monoisotopic (exact) mass is 231 g/mol. The van der Waals surface area contributed by atoms with E-state index in [2.05, 4.69) is 22.2 Å². The molecule has 1 atom stereocenters. The average Bonchev–Trinajstić information content (AvgIpc) is 2.22. The van der Waals surface area contributed by atoms with Crippen LogP contribution in [-0.4, -0.2) is 21.4 Å². The Balaban J connectivity index is 2.70. The number of hydrogen-bond acceptors (Lipinski definition) is 3. The molecule has 1 aromatic rings. The summed E-state index contributed by atoms with van der Waals surface area (Å²) in [4.78, 5) is 7.71. The van der Waals surface area contributed by atoms with E-state index in [1.807, 2.05) is 6.92 Å². The normalized spacial score (nSPS) is 14.7. The molecule has 0 aliphatic rings. The highest BCUT2D eigenvalue weighted by atomic mass is 35.5. The van der Waals surface area contributed by atoms with Gasteiger partial charge in [0.05, 0.1) is 12.4 Å². The van der Waals surface area contributed by atoms with E-state index in [-0.39, 0.29) is 5.54 Å². The molecule has 0 saturated heterocycles. The molecule has 0 saturated carbocycles. The summed E-state index contributed by atoms with van der Waals surface area (Å²) in [6, 6.07) is 0. The van der Waals surface area contributed by atoms with Crippen LogP contribution >= 0.6 is 11.6 Å². The van der Waals surface area contributed by atoms with Crippen molar-refractivity contribution in [2.75, 3.05) is 11.2 Å². The summed E-state index contributed by atoms with van der Waals surface area (Å²) in [6.07, 6.45) is 4.00. The van der Waals surface area contributed by atoms with Crippen molar-refractivity contribution >= 4 is 17.5 Å². The van der Waals surface area contributed by atoms with Crippen LogP contribution in [-0.2, 0) is 0 Å². The maximum atomic E-state index is 12.6. The van der Waals surface area contributed by atoms with E-state index in [1.54, 1.807) is 0 Å². The Hall–Kier alpha value is -0.900. The Labute approximate surface area is 94.1 Å². The first-order valence-corrected chi connectivity index (χ1v) is 5.45. The summed E-state index contributed by atoms with van der Waals surface area (Å²) in [7, 11) is 0. The molecule has 0 radical (unpaired) electrons. The highest BCUT2D eigenvalue weighted by Crippen LogP contribution is 2.19. The van der Waals surface area contributed by atoms with Crippen LogP contribution in [0.25, 0.3) is 0 Å². The molecule has 3 nitrogen and oxygen atoms in total. The van der Waals surface area contributed by atoms with Crippen molar-refractivity contribution in [3.63, 3.8) is 0 Å². The van der Waals surface area contributed by atoms with E-state index in [4.69, 9.17) is 11.6 Å². The predicted octanol–water partition coefficient (Wildman–Crippen LogP) is 2.83. The Morgan fingerprint density at radius 1 is 1.47 bits per heavy atom. The van der Waals surface area contributed by atoms with Gasteiger partial charge in [0.15, 0.2) is 5.82 Å². The third kappa shape index (κ3) is 3.63.